The van der Waals surface area contributed by atoms with E-state index in [1.54, 1.807) is 11.8 Å². The zero-order valence-electron chi connectivity index (χ0n) is 18.4. The molecule has 0 aliphatic rings. The smallest absolute Gasteiger partial charge is 0.191 e. The number of aryl methyl sites for hydroxylation is 1. The van der Waals surface area contributed by atoms with E-state index in [1.165, 1.54) is 6.42 Å². The number of thioether (sulfide) groups is 1. The standard InChI is InChI=1S/C20H40N6S/c1-8-21-19(23-17(6)12-11-15(2)3)22-13-9-10-18-24-25-20(27-7)26(18)14-16(4)5/h15-17H,8-14H2,1-7H3,(H2,21,22,23). The molecule has 156 valence electrons. The van der Waals surface area contributed by atoms with Crippen molar-refractivity contribution >= 4 is 17.7 Å². The quantitative estimate of drug-likeness (QED) is 0.242. The van der Waals surface area contributed by atoms with E-state index in [2.05, 4.69) is 73.2 Å². The summed E-state index contributed by atoms with van der Waals surface area (Å²) < 4.78 is 2.26. The van der Waals surface area contributed by atoms with Gasteiger partial charge >= 0.3 is 0 Å². The molecule has 6 nitrogen and oxygen atoms in total. The Morgan fingerprint density at radius 3 is 2.44 bits per heavy atom. The van der Waals surface area contributed by atoms with E-state index < -0.39 is 0 Å². The van der Waals surface area contributed by atoms with Gasteiger partial charge in [0.15, 0.2) is 11.1 Å². The van der Waals surface area contributed by atoms with Crippen LogP contribution in [0.2, 0.25) is 0 Å². The maximum absolute atomic E-state index is 4.74. The van der Waals surface area contributed by atoms with Crippen molar-refractivity contribution in [1.82, 2.24) is 25.4 Å². The van der Waals surface area contributed by atoms with Gasteiger partial charge in [0.25, 0.3) is 0 Å². The second kappa shape index (κ2) is 13.0. The molecule has 0 fully saturated rings. The van der Waals surface area contributed by atoms with Gasteiger partial charge in [0, 0.05) is 32.1 Å². The Labute approximate surface area is 170 Å². The predicted molar refractivity (Wildman–Crippen MR) is 118 cm³/mol. The summed E-state index contributed by atoms with van der Waals surface area (Å²) in [5.41, 5.74) is 0. The van der Waals surface area contributed by atoms with Crippen molar-refractivity contribution in [1.29, 1.82) is 0 Å². The van der Waals surface area contributed by atoms with Crippen LogP contribution < -0.4 is 10.6 Å². The average molecular weight is 397 g/mol. The third-order valence-electron chi connectivity index (χ3n) is 4.26. The molecule has 0 amide bonds. The third-order valence-corrected chi connectivity index (χ3v) is 4.92. The number of rotatable bonds is 12. The van der Waals surface area contributed by atoms with Gasteiger partial charge in [-0.05, 0) is 51.2 Å². The molecule has 1 rings (SSSR count). The second-order valence-electron chi connectivity index (χ2n) is 7.99. The van der Waals surface area contributed by atoms with Gasteiger partial charge < -0.3 is 15.2 Å². The van der Waals surface area contributed by atoms with Crippen LogP contribution in [0.4, 0.5) is 0 Å². The van der Waals surface area contributed by atoms with Gasteiger partial charge in [-0.25, -0.2) is 0 Å². The number of aromatic nitrogens is 3. The van der Waals surface area contributed by atoms with Crippen molar-refractivity contribution in [3.8, 4) is 0 Å². The molecule has 1 aromatic rings. The maximum Gasteiger partial charge on any atom is 0.191 e. The molecule has 0 spiro atoms. The fourth-order valence-corrected chi connectivity index (χ4v) is 3.36. The Morgan fingerprint density at radius 2 is 1.85 bits per heavy atom. The summed E-state index contributed by atoms with van der Waals surface area (Å²) in [7, 11) is 0. The molecule has 0 bridgehead atoms. The Bertz CT molecular complexity index is 553. The minimum atomic E-state index is 0.434. The molecule has 1 atom stereocenters. The van der Waals surface area contributed by atoms with Gasteiger partial charge in [0.1, 0.15) is 5.82 Å². The lowest BCUT2D eigenvalue weighted by molar-refractivity contribution is 0.477. The van der Waals surface area contributed by atoms with Gasteiger partial charge in [0.05, 0.1) is 0 Å². The number of nitrogens with zero attached hydrogens (tertiary/aromatic N) is 4. The Balaban J connectivity index is 2.56. The molecule has 0 radical (unpaired) electrons. The Kier molecular flexibility index (Phi) is 11.5. The van der Waals surface area contributed by atoms with Crippen LogP contribution >= 0.6 is 11.8 Å². The molecule has 0 saturated carbocycles. The SMILES string of the molecule is CCNC(=NCCCc1nnc(SC)n1CC(C)C)NC(C)CCC(C)C. The molecule has 2 N–H and O–H groups in total. The van der Waals surface area contributed by atoms with E-state index in [0.29, 0.717) is 12.0 Å². The molecule has 0 aliphatic heterocycles. The zero-order valence-corrected chi connectivity index (χ0v) is 19.2. The first-order valence-electron chi connectivity index (χ1n) is 10.4. The molecule has 0 aromatic carbocycles. The van der Waals surface area contributed by atoms with Crippen LogP contribution in [0.25, 0.3) is 0 Å². The minimum absolute atomic E-state index is 0.434. The van der Waals surface area contributed by atoms with Gasteiger partial charge in [-0.1, -0.05) is 39.5 Å². The summed E-state index contributed by atoms with van der Waals surface area (Å²) in [4.78, 5) is 4.74. The lowest BCUT2D eigenvalue weighted by Gasteiger charge is -2.18. The first-order valence-corrected chi connectivity index (χ1v) is 11.6. The minimum Gasteiger partial charge on any atom is -0.357 e. The zero-order chi connectivity index (χ0) is 20.2. The lowest BCUT2D eigenvalue weighted by Crippen LogP contribution is -2.42. The fourth-order valence-electron chi connectivity index (χ4n) is 2.84. The van der Waals surface area contributed by atoms with Gasteiger partial charge in [-0.15, -0.1) is 10.2 Å². The van der Waals surface area contributed by atoms with Crippen LogP contribution in [-0.4, -0.2) is 46.1 Å². The molecule has 0 saturated heterocycles. The van der Waals surface area contributed by atoms with Gasteiger partial charge in [-0.3, -0.25) is 4.99 Å². The molecular formula is C20H40N6S. The van der Waals surface area contributed by atoms with Crippen molar-refractivity contribution < 1.29 is 0 Å². The monoisotopic (exact) mass is 396 g/mol. The second-order valence-corrected chi connectivity index (χ2v) is 8.76. The molecule has 0 aliphatic carbocycles. The Morgan fingerprint density at radius 1 is 1.11 bits per heavy atom. The molecule has 1 aromatic heterocycles. The van der Waals surface area contributed by atoms with E-state index >= 15 is 0 Å². The largest absolute Gasteiger partial charge is 0.357 e. The number of guanidine groups is 1. The van der Waals surface area contributed by atoms with Crippen LogP contribution in [-0.2, 0) is 13.0 Å². The van der Waals surface area contributed by atoms with Crippen LogP contribution in [0.3, 0.4) is 0 Å². The van der Waals surface area contributed by atoms with Gasteiger partial charge in [-0.2, -0.15) is 0 Å². The topological polar surface area (TPSA) is 67.1 Å². The van der Waals surface area contributed by atoms with Crippen molar-refractivity contribution in [2.75, 3.05) is 19.3 Å². The first kappa shape index (κ1) is 23.8. The number of aliphatic imine (C=N–C) groups is 1. The Hall–Kier alpha value is -1.24. The summed E-state index contributed by atoms with van der Waals surface area (Å²) in [6, 6.07) is 0.434. The van der Waals surface area contributed by atoms with Crippen LogP contribution in [0.5, 0.6) is 0 Å². The summed E-state index contributed by atoms with van der Waals surface area (Å²) in [6.45, 7) is 16.0. The summed E-state index contributed by atoms with van der Waals surface area (Å²) in [5, 5.41) is 16.6. The van der Waals surface area contributed by atoms with Crippen LogP contribution in [0.15, 0.2) is 10.1 Å². The molecule has 7 heteroatoms. The van der Waals surface area contributed by atoms with Crippen molar-refractivity contribution in [3.05, 3.63) is 5.82 Å². The molecule has 1 heterocycles. The third kappa shape index (κ3) is 9.49. The first-order chi connectivity index (χ1) is 12.9. The predicted octanol–water partition coefficient (Wildman–Crippen LogP) is 3.97. The van der Waals surface area contributed by atoms with E-state index in [0.717, 1.165) is 61.8 Å². The summed E-state index contributed by atoms with van der Waals surface area (Å²) in [6.07, 6.45) is 6.34. The summed E-state index contributed by atoms with van der Waals surface area (Å²) >= 11 is 1.66. The normalized spacial score (nSPS) is 13.4. The molecular weight excluding hydrogens is 356 g/mol. The number of nitrogens with one attached hydrogen (secondary N) is 2. The van der Waals surface area contributed by atoms with Crippen LogP contribution in [0.1, 0.15) is 66.6 Å². The highest BCUT2D eigenvalue weighted by Gasteiger charge is 2.12. The van der Waals surface area contributed by atoms with Crippen molar-refractivity contribution in [2.45, 2.75) is 85.0 Å². The van der Waals surface area contributed by atoms with Gasteiger partial charge in [0.2, 0.25) is 0 Å². The fraction of sp³-hybridized carbons (Fsp3) is 0.850. The van der Waals surface area contributed by atoms with E-state index in [9.17, 15) is 0 Å². The summed E-state index contributed by atoms with van der Waals surface area (Å²) in [5.74, 6) is 3.32. The van der Waals surface area contributed by atoms with Crippen molar-refractivity contribution in [3.63, 3.8) is 0 Å². The van der Waals surface area contributed by atoms with Crippen molar-refractivity contribution in [2.24, 2.45) is 16.8 Å². The highest BCUT2D eigenvalue weighted by Crippen LogP contribution is 2.16. The van der Waals surface area contributed by atoms with Crippen LogP contribution in [0, 0.1) is 11.8 Å². The lowest BCUT2D eigenvalue weighted by atomic mass is 10.0. The molecule has 27 heavy (non-hydrogen) atoms. The molecule has 1 unspecified atom stereocenters. The number of hydrogen-bond donors (Lipinski definition) is 2. The highest BCUT2D eigenvalue weighted by atomic mass is 32.2. The van der Waals surface area contributed by atoms with E-state index in [-0.39, 0.29) is 0 Å². The average Bonchev–Trinajstić information content (AvgIpc) is 2.98. The van der Waals surface area contributed by atoms with E-state index in [1.807, 2.05) is 0 Å². The maximum atomic E-state index is 4.74. The highest BCUT2D eigenvalue weighted by molar-refractivity contribution is 7.98. The van der Waals surface area contributed by atoms with E-state index in [4.69, 9.17) is 4.99 Å². The number of hydrogen-bond acceptors (Lipinski definition) is 4.